The average Bonchev–Trinajstić information content (AvgIpc) is 2.48. The minimum absolute atomic E-state index is 0.0395. The number of ketones is 1. The number of hydrogen-bond donors (Lipinski definition) is 1. The number of rotatable bonds is 1. The second-order valence-electron chi connectivity index (χ2n) is 5.87. The summed E-state index contributed by atoms with van der Waals surface area (Å²) in [5, 5.41) is 9.38. The Morgan fingerprint density at radius 1 is 1.30 bits per heavy atom. The molecule has 0 radical (unpaired) electrons. The molecule has 1 aliphatic carbocycles. The van der Waals surface area contributed by atoms with Crippen LogP contribution in [0.2, 0.25) is 0 Å². The number of hydrogen-bond acceptors (Lipinski definition) is 4. The molecule has 1 aromatic carbocycles. The van der Waals surface area contributed by atoms with Crippen molar-refractivity contribution in [3.63, 3.8) is 0 Å². The second kappa shape index (κ2) is 5.51. The van der Waals surface area contributed by atoms with Crippen molar-refractivity contribution in [2.24, 2.45) is 11.7 Å². The molecule has 0 fully saturated rings. The van der Waals surface area contributed by atoms with Crippen LogP contribution < -0.4 is 5.73 Å². The van der Waals surface area contributed by atoms with E-state index in [4.69, 9.17) is 10.5 Å². The number of halogens is 2. The second-order valence-corrected chi connectivity index (χ2v) is 5.87. The van der Waals surface area contributed by atoms with Gasteiger partial charge in [0.1, 0.15) is 17.4 Å². The largest absolute Gasteiger partial charge is 0.444 e. The molecule has 0 saturated heterocycles. The zero-order chi connectivity index (χ0) is 16.7. The zero-order valence-electron chi connectivity index (χ0n) is 12.4. The summed E-state index contributed by atoms with van der Waals surface area (Å²) in [5.74, 6) is -2.59. The fourth-order valence-corrected chi connectivity index (χ4v) is 3.12. The Bertz CT molecular complexity index is 805. The van der Waals surface area contributed by atoms with Crippen molar-refractivity contribution >= 4 is 5.78 Å². The lowest BCUT2D eigenvalue weighted by atomic mass is 9.75. The molecular formula is C17H14F2N2O2. The van der Waals surface area contributed by atoms with Gasteiger partial charge in [-0.15, -0.1) is 0 Å². The van der Waals surface area contributed by atoms with E-state index in [0.29, 0.717) is 29.7 Å². The Hall–Kier alpha value is -2.68. The minimum Gasteiger partial charge on any atom is -0.444 e. The molecule has 2 aliphatic rings. The Morgan fingerprint density at radius 3 is 2.70 bits per heavy atom. The number of allylic oxidation sites excluding steroid dienone is 3. The highest BCUT2D eigenvalue weighted by Crippen LogP contribution is 2.44. The normalized spacial score (nSPS) is 24.2. The van der Waals surface area contributed by atoms with Crippen LogP contribution in [-0.2, 0) is 9.53 Å². The molecule has 0 aromatic heterocycles. The van der Waals surface area contributed by atoms with E-state index in [9.17, 15) is 18.8 Å². The maximum absolute atomic E-state index is 13.6. The Balaban J connectivity index is 2.19. The topological polar surface area (TPSA) is 76.1 Å². The lowest BCUT2D eigenvalue weighted by molar-refractivity contribution is -0.117. The van der Waals surface area contributed by atoms with Crippen LogP contribution in [0.3, 0.4) is 0 Å². The number of ether oxygens (including phenoxy) is 1. The van der Waals surface area contributed by atoms with Crippen molar-refractivity contribution in [2.45, 2.75) is 25.7 Å². The molecule has 4 nitrogen and oxygen atoms in total. The summed E-state index contributed by atoms with van der Waals surface area (Å²) in [6.45, 7) is 1.91. The predicted octanol–water partition coefficient (Wildman–Crippen LogP) is 3.03. The average molecular weight is 316 g/mol. The highest BCUT2D eigenvalue weighted by molar-refractivity contribution is 5.99. The molecule has 0 saturated carbocycles. The van der Waals surface area contributed by atoms with Crippen LogP contribution in [0.4, 0.5) is 8.78 Å². The molecule has 23 heavy (non-hydrogen) atoms. The van der Waals surface area contributed by atoms with Gasteiger partial charge in [-0.2, -0.15) is 5.26 Å². The van der Waals surface area contributed by atoms with Crippen LogP contribution in [0.15, 0.2) is 41.0 Å². The third kappa shape index (κ3) is 2.48. The van der Waals surface area contributed by atoms with Crippen LogP contribution in [-0.4, -0.2) is 5.78 Å². The van der Waals surface area contributed by atoms with Gasteiger partial charge in [-0.05, 0) is 23.6 Å². The third-order valence-electron chi connectivity index (χ3n) is 4.14. The molecular weight excluding hydrogens is 302 g/mol. The van der Waals surface area contributed by atoms with Gasteiger partial charge in [0.25, 0.3) is 0 Å². The van der Waals surface area contributed by atoms with E-state index >= 15 is 0 Å². The first-order valence-corrected chi connectivity index (χ1v) is 7.21. The van der Waals surface area contributed by atoms with Gasteiger partial charge < -0.3 is 10.5 Å². The molecule has 2 atom stereocenters. The molecule has 0 unspecified atom stereocenters. The molecule has 0 bridgehead atoms. The Morgan fingerprint density at radius 2 is 2.04 bits per heavy atom. The number of benzene rings is 1. The fraction of sp³-hybridized carbons (Fsp3) is 0.294. The van der Waals surface area contributed by atoms with Gasteiger partial charge in [-0.1, -0.05) is 13.0 Å². The van der Waals surface area contributed by atoms with Crippen LogP contribution in [0.25, 0.3) is 0 Å². The zero-order valence-corrected chi connectivity index (χ0v) is 12.4. The molecule has 118 valence electrons. The van der Waals surface area contributed by atoms with Crippen LogP contribution in [0, 0.1) is 28.9 Å². The SMILES string of the molecule is C[C@H]1CC(=O)C2=C(C1)OC(N)=C(C#N)[C@H]2c1ccc(F)c(F)c1. The van der Waals surface area contributed by atoms with E-state index in [0.717, 1.165) is 12.1 Å². The number of nitrogens with zero attached hydrogens (tertiary/aromatic N) is 1. The quantitative estimate of drug-likeness (QED) is 0.864. The van der Waals surface area contributed by atoms with Gasteiger partial charge in [-0.3, -0.25) is 4.79 Å². The highest BCUT2D eigenvalue weighted by Gasteiger charge is 2.39. The molecule has 1 heterocycles. The smallest absolute Gasteiger partial charge is 0.205 e. The van der Waals surface area contributed by atoms with Gasteiger partial charge in [0.05, 0.1) is 5.92 Å². The number of carbonyl (C=O) groups excluding carboxylic acids is 1. The summed E-state index contributed by atoms with van der Waals surface area (Å²) in [5.41, 5.74) is 6.47. The van der Waals surface area contributed by atoms with Gasteiger partial charge in [0, 0.05) is 18.4 Å². The van der Waals surface area contributed by atoms with Crippen molar-refractivity contribution in [3.05, 3.63) is 58.2 Å². The van der Waals surface area contributed by atoms with E-state index < -0.39 is 17.6 Å². The van der Waals surface area contributed by atoms with E-state index in [1.807, 2.05) is 13.0 Å². The van der Waals surface area contributed by atoms with Gasteiger partial charge in [-0.25, -0.2) is 8.78 Å². The molecule has 1 aromatic rings. The first kappa shape index (κ1) is 15.2. The van der Waals surface area contributed by atoms with Crippen LogP contribution in [0.1, 0.15) is 31.2 Å². The van der Waals surface area contributed by atoms with E-state index in [2.05, 4.69) is 0 Å². The van der Waals surface area contributed by atoms with Gasteiger partial charge in [0.15, 0.2) is 17.4 Å². The molecule has 3 rings (SSSR count). The standard InChI is InChI=1S/C17H14F2N2O2/c1-8-4-13(22)16-14(5-8)23-17(21)10(7-20)15(16)9-2-3-11(18)12(19)6-9/h2-3,6,8,15H,4-5,21H2,1H3/t8-,15+/m0/s1. The summed E-state index contributed by atoms with van der Waals surface area (Å²) in [6, 6.07) is 5.25. The molecule has 6 heteroatoms. The number of Topliss-reactive ketones (excluding diaryl/α,β-unsaturated/α-hetero) is 1. The Kier molecular flexibility index (Phi) is 3.64. The van der Waals surface area contributed by atoms with E-state index in [1.165, 1.54) is 6.07 Å². The van der Waals surface area contributed by atoms with E-state index in [-0.39, 0.29) is 23.2 Å². The summed E-state index contributed by atoms with van der Waals surface area (Å²) < 4.78 is 32.3. The predicted molar refractivity (Wildman–Crippen MR) is 77.4 cm³/mol. The van der Waals surface area contributed by atoms with Crippen molar-refractivity contribution in [2.75, 3.05) is 0 Å². The van der Waals surface area contributed by atoms with Crippen LogP contribution >= 0.6 is 0 Å². The summed E-state index contributed by atoms with van der Waals surface area (Å²) in [6.07, 6.45) is 0.835. The van der Waals surface area contributed by atoms with Gasteiger partial charge >= 0.3 is 0 Å². The maximum Gasteiger partial charge on any atom is 0.205 e. The van der Waals surface area contributed by atoms with Gasteiger partial charge in [0.2, 0.25) is 5.88 Å². The third-order valence-corrected chi connectivity index (χ3v) is 4.14. The first-order chi connectivity index (χ1) is 10.9. The summed E-state index contributed by atoms with van der Waals surface area (Å²) in [7, 11) is 0. The highest BCUT2D eigenvalue weighted by atomic mass is 19.2. The van der Waals surface area contributed by atoms with Crippen molar-refractivity contribution in [1.82, 2.24) is 0 Å². The number of nitrogens with two attached hydrogens (primary N) is 1. The van der Waals surface area contributed by atoms with Crippen molar-refractivity contribution < 1.29 is 18.3 Å². The first-order valence-electron chi connectivity index (χ1n) is 7.21. The molecule has 0 amide bonds. The maximum atomic E-state index is 13.6. The number of carbonyl (C=O) groups is 1. The van der Waals surface area contributed by atoms with Crippen molar-refractivity contribution in [3.8, 4) is 6.07 Å². The Labute approximate surface area is 131 Å². The minimum atomic E-state index is -1.04. The molecule has 2 N–H and O–H groups in total. The summed E-state index contributed by atoms with van der Waals surface area (Å²) >= 11 is 0. The van der Waals surface area contributed by atoms with Crippen LogP contribution in [0.5, 0.6) is 0 Å². The lowest BCUT2D eigenvalue weighted by Crippen LogP contribution is -2.29. The van der Waals surface area contributed by atoms with E-state index in [1.54, 1.807) is 0 Å². The summed E-state index contributed by atoms with van der Waals surface area (Å²) in [4.78, 5) is 12.5. The fourth-order valence-electron chi connectivity index (χ4n) is 3.12. The monoisotopic (exact) mass is 316 g/mol. The number of nitriles is 1. The lowest BCUT2D eigenvalue weighted by Gasteiger charge is -2.32. The molecule has 0 spiro atoms. The van der Waals surface area contributed by atoms with Crippen molar-refractivity contribution in [1.29, 1.82) is 5.26 Å². The molecule has 1 aliphatic heterocycles.